The molecule has 1 fully saturated rings. The molecule has 2 unspecified atom stereocenters. The molecule has 94 valence electrons. The average molecular weight is 249 g/mol. The van der Waals surface area contributed by atoms with Crippen LogP contribution in [0.2, 0.25) is 0 Å². The summed E-state index contributed by atoms with van der Waals surface area (Å²) < 4.78 is 21.2. The summed E-state index contributed by atoms with van der Waals surface area (Å²) >= 11 is -1.28. The Hall–Kier alpha value is -0.620. The Balaban J connectivity index is 2.41. The largest absolute Gasteiger partial charge is 0.444 e. The number of ether oxygens (including phenoxy) is 1. The van der Waals surface area contributed by atoms with E-state index >= 15 is 0 Å². The van der Waals surface area contributed by atoms with Crippen LogP contribution in [0.15, 0.2) is 0 Å². The van der Waals surface area contributed by atoms with Crippen molar-refractivity contribution in [2.75, 3.05) is 19.3 Å². The quantitative estimate of drug-likeness (QED) is 0.740. The maximum absolute atomic E-state index is 11.7. The van der Waals surface area contributed by atoms with Crippen LogP contribution in [0, 0.1) is 0 Å². The molecule has 0 saturated carbocycles. The molecule has 1 saturated heterocycles. The summed E-state index contributed by atoms with van der Waals surface area (Å²) in [6.45, 7) is 6.54. The van der Waals surface area contributed by atoms with E-state index < -0.39 is 16.7 Å². The van der Waals surface area contributed by atoms with Gasteiger partial charge in [-0.05, 0) is 27.2 Å². The van der Waals surface area contributed by atoms with Gasteiger partial charge in [-0.1, -0.05) is 0 Å². The molecule has 0 radical (unpaired) electrons. The molecule has 0 aromatic carbocycles. The van der Waals surface area contributed by atoms with Gasteiger partial charge in [-0.2, -0.15) is 0 Å². The molecule has 16 heavy (non-hydrogen) atoms. The first-order chi connectivity index (χ1) is 7.28. The molecular weight excluding hydrogens is 230 g/mol. The highest BCUT2D eigenvalue weighted by molar-refractivity contribution is 7.79. The summed E-state index contributed by atoms with van der Waals surface area (Å²) in [6.07, 6.45) is 1.72. The number of carbonyl (C=O) groups excluding carboxylic acids is 1. The van der Waals surface area contributed by atoms with Gasteiger partial charge < -0.3 is 9.64 Å². The van der Waals surface area contributed by atoms with Gasteiger partial charge in [0, 0.05) is 12.8 Å². The Morgan fingerprint density at radius 2 is 2.06 bits per heavy atom. The lowest BCUT2D eigenvalue weighted by molar-refractivity contribution is 0.0277. The SMILES string of the molecule is CS(=O)OC1CCN(C(=O)OC(C)(C)C)C1. The standard InChI is InChI=1S/C10H19NO4S/c1-10(2,3)14-9(12)11-6-5-8(7-11)15-16(4)13/h8H,5-7H2,1-4H3. The van der Waals surface area contributed by atoms with Gasteiger partial charge in [0.25, 0.3) is 0 Å². The Kier molecular flexibility index (Phi) is 4.32. The molecule has 0 aromatic rings. The van der Waals surface area contributed by atoms with Crippen LogP contribution in [0.4, 0.5) is 4.79 Å². The highest BCUT2D eigenvalue weighted by Crippen LogP contribution is 2.17. The number of amides is 1. The lowest BCUT2D eigenvalue weighted by Crippen LogP contribution is -2.36. The minimum atomic E-state index is -1.28. The normalized spacial score (nSPS) is 23.2. The Bertz CT molecular complexity index is 287. The van der Waals surface area contributed by atoms with E-state index in [4.69, 9.17) is 8.92 Å². The molecule has 0 aliphatic carbocycles. The van der Waals surface area contributed by atoms with E-state index in [9.17, 15) is 9.00 Å². The topological polar surface area (TPSA) is 55.8 Å². The first kappa shape index (κ1) is 13.4. The molecular formula is C10H19NO4S. The smallest absolute Gasteiger partial charge is 0.410 e. The third-order valence-corrected chi connectivity index (χ3v) is 2.61. The van der Waals surface area contributed by atoms with Crippen molar-refractivity contribution < 1.29 is 17.9 Å². The molecule has 1 aliphatic heterocycles. The minimum Gasteiger partial charge on any atom is -0.444 e. The van der Waals surface area contributed by atoms with Crippen LogP contribution in [0.5, 0.6) is 0 Å². The van der Waals surface area contributed by atoms with E-state index in [1.807, 2.05) is 20.8 Å². The Morgan fingerprint density at radius 3 is 2.56 bits per heavy atom. The van der Waals surface area contributed by atoms with Gasteiger partial charge in [-0.3, -0.25) is 4.18 Å². The van der Waals surface area contributed by atoms with Gasteiger partial charge >= 0.3 is 6.09 Å². The first-order valence-corrected chi connectivity index (χ1v) is 6.75. The van der Waals surface area contributed by atoms with Crippen molar-refractivity contribution in [1.29, 1.82) is 0 Å². The zero-order valence-corrected chi connectivity index (χ0v) is 11.0. The van der Waals surface area contributed by atoms with Gasteiger partial charge in [0.05, 0.1) is 12.6 Å². The van der Waals surface area contributed by atoms with Crippen LogP contribution in [0.25, 0.3) is 0 Å². The van der Waals surface area contributed by atoms with E-state index in [2.05, 4.69) is 0 Å². The summed E-state index contributed by atoms with van der Waals surface area (Å²) in [5.74, 6) is 0. The van der Waals surface area contributed by atoms with Crippen molar-refractivity contribution in [2.45, 2.75) is 38.9 Å². The third-order valence-electron chi connectivity index (χ3n) is 2.07. The average Bonchev–Trinajstić information content (AvgIpc) is 2.48. The Morgan fingerprint density at radius 1 is 1.44 bits per heavy atom. The number of hydrogen-bond donors (Lipinski definition) is 0. The fourth-order valence-corrected chi connectivity index (χ4v) is 2.03. The third kappa shape index (κ3) is 4.49. The molecule has 0 N–H and O–H groups in total. The van der Waals surface area contributed by atoms with Crippen LogP contribution in [-0.4, -0.2) is 46.3 Å². The van der Waals surface area contributed by atoms with Gasteiger partial charge in [-0.15, -0.1) is 0 Å². The molecule has 1 aliphatic rings. The maximum atomic E-state index is 11.7. The van der Waals surface area contributed by atoms with Crippen LogP contribution in [0.3, 0.4) is 0 Å². The molecule has 2 atom stereocenters. The van der Waals surface area contributed by atoms with E-state index in [0.29, 0.717) is 19.5 Å². The lowest BCUT2D eigenvalue weighted by Gasteiger charge is -2.24. The lowest BCUT2D eigenvalue weighted by atomic mass is 10.2. The summed E-state index contributed by atoms with van der Waals surface area (Å²) in [6, 6.07) is 0. The molecule has 5 nitrogen and oxygen atoms in total. The second kappa shape index (κ2) is 5.14. The number of rotatable bonds is 2. The molecule has 0 spiro atoms. The second-order valence-corrected chi connectivity index (χ2v) is 5.83. The van der Waals surface area contributed by atoms with Crippen molar-refractivity contribution in [1.82, 2.24) is 4.90 Å². The summed E-state index contributed by atoms with van der Waals surface area (Å²) in [5.41, 5.74) is -0.483. The number of nitrogens with zero attached hydrogens (tertiary/aromatic N) is 1. The van der Waals surface area contributed by atoms with Crippen molar-refractivity contribution in [3.63, 3.8) is 0 Å². The fraction of sp³-hybridized carbons (Fsp3) is 0.900. The molecule has 1 amide bonds. The van der Waals surface area contributed by atoms with Crippen LogP contribution in [-0.2, 0) is 20.0 Å². The van der Waals surface area contributed by atoms with Crippen molar-refractivity contribution in [3.05, 3.63) is 0 Å². The summed E-state index contributed by atoms with van der Waals surface area (Å²) in [4.78, 5) is 13.3. The van der Waals surface area contributed by atoms with Crippen LogP contribution >= 0.6 is 0 Å². The Labute approximate surface area is 98.7 Å². The fourth-order valence-electron chi connectivity index (χ4n) is 1.49. The molecule has 0 aromatic heterocycles. The van der Waals surface area contributed by atoms with Crippen molar-refractivity contribution in [2.24, 2.45) is 0 Å². The van der Waals surface area contributed by atoms with Gasteiger partial charge in [0.2, 0.25) is 0 Å². The van der Waals surface area contributed by atoms with E-state index in [-0.39, 0.29) is 12.2 Å². The molecule has 0 bridgehead atoms. The van der Waals surface area contributed by atoms with Crippen LogP contribution < -0.4 is 0 Å². The second-order valence-electron chi connectivity index (χ2n) is 4.83. The predicted octanol–water partition coefficient (Wildman–Crippen LogP) is 1.31. The highest BCUT2D eigenvalue weighted by Gasteiger charge is 2.30. The molecule has 6 heteroatoms. The van der Waals surface area contributed by atoms with E-state index in [1.165, 1.54) is 6.26 Å². The van der Waals surface area contributed by atoms with E-state index in [1.54, 1.807) is 4.90 Å². The van der Waals surface area contributed by atoms with Crippen molar-refractivity contribution in [3.8, 4) is 0 Å². The van der Waals surface area contributed by atoms with Gasteiger partial charge in [0.15, 0.2) is 11.1 Å². The molecule has 1 heterocycles. The zero-order chi connectivity index (χ0) is 12.3. The van der Waals surface area contributed by atoms with Crippen molar-refractivity contribution >= 4 is 17.2 Å². The summed E-state index contributed by atoms with van der Waals surface area (Å²) in [7, 11) is 0. The minimum absolute atomic E-state index is 0.140. The zero-order valence-electron chi connectivity index (χ0n) is 10.2. The summed E-state index contributed by atoms with van der Waals surface area (Å²) in [5, 5.41) is 0. The number of hydrogen-bond acceptors (Lipinski definition) is 4. The first-order valence-electron chi connectivity index (χ1n) is 5.26. The van der Waals surface area contributed by atoms with Gasteiger partial charge in [-0.25, -0.2) is 9.00 Å². The monoisotopic (exact) mass is 249 g/mol. The maximum Gasteiger partial charge on any atom is 0.410 e. The number of carbonyl (C=O) groups is 1. The van der Waals surface area contributed by atoms with Gasteiger partial charge in [0.1, 0.15) is 5.60 Å². The highest BCUT2D eigenvalue weighted by atomic mass is 32.2. The van der Waals surface area contributed by atoms with E-state index in [0.717, 1.165) is 0 Å². The number of likely N-dealkylation sites (tertiary alicyclic amines) is 1. The van der Waals surface area contributed by atoms with Crippen LogP contribution in [0.1, 0.15) is 27.2 Å². The molecule has 1 rings (SSSR count). The predicted molar refractivity (Wildman–Crippen MR) is 61.4 cm³/mol.